The van der Waals surface area contributed by atoms with Gasteiger partial charge in [-0.25, -0.2) is 4.99 Å². The van der Waals surface area contributed by atoms with E-state index >= 15 is 0 Å². The summed E-state index contributed by atoms with van der Waals surface area (Å²) in [6.07, 6.45) is 5.67. The van der Waals surface area contributed by atoms with E-state index in [2.05, 4.69) is 47.5 Å². The predicted octanol–water partition coefficient (Wildman–Crippen LogP) is 2.47. The quantitative estimate of drug-likeness (QED) is 0.655. The highest BCUT2D eigenvalue weighted by Gasteiger charge is 2.07. The number of aryl methyl sites for hydroxylation is 3. The minimum atomic E-state index is 0.439. The Bertz CT molecular complexity index is 605. The largest absolute Gasteiger partial charge is 0.370 e. The summed E-state index contributed by atoms with van der Waals surface area (Å²) in [5.74, 6) is 0.439. The lowest BCUT2D eigenvalue weighted by molar-refractivity contribution is 0.767. The molecular weight excluding hydrogens is 262 g/mol. The summed E-state index contributed by atoms with van der Waals surface area (Å²) in [5.41, 5.74) is 10.7. The van der Waals surface area contributed by atoms with E-state index in [1.807, 2.05) is 13.2 Å². The average molecular weight is 285 g/mol. The topological polar surface area (TPSA) is 68.2 Å². The summed E-state index contributed by atoms with van der Waals surface area (Å²) in [6, 6.07) is 6.33. The van der Waals surface area contributed by atoms with Crippen molar-refractivity contribution in [1.82, 2.24) is 9.78 Å². The van der Waals surface area contributed by atoms with Crippen LogP contribution in [-0.4, -0.2) is 15.7 Å². The highest BCUT2D eigenvalue weighted by atomic mass is 15.2. The van der Waals surface area contributed by atoms with Gasteiger partial charge >= 0.3 is 0 Å². The number of nitrogens with one attached hydrogen (secondary N) is 1. The van der Waals surface area contributed by atoms with Crippen molar-refractivity contribution in [1.29, 1.82) is 0 Å². The van der Waals surface area contributed by atoms with Crippen LogP contribution >= 0.6 is 0 Å². The van der Waals surface area contributed by atoms with E-state index in [4.69, 9.17) is 5.73 Å². The van der Waals surface area contributed by atoms with Gasteiger partial charge in [0.25, 0.3) is 0 Å². The molecule has 0 bridgehead atoms. The van der Waals surface area contributed by atoms with Crippen LogP contribution in [-0.2, 0) is 26.4 Å². The lowest BCUT2D eigenvalue weighted by Gasteiger charge is -2.14. The Morgan fingerprint density at radius 1 is 1.29 bits per heavy atom. The Hall–Kier alpha value is -2.30. The number of nitrogens with zero attached hydrogens (tertiary/aromatic N) is 3. The summed E-state index contributed by atoms with van der Waals surface area (Å²) in [7, 11) is 1.89. The molecule has 0 atom stereocenters. The minimum Gasteiger partial charge on any atom is -0.370 e. The van der Waals surface area contributed by atoms with Crippen molar-refractivity contribution in [2.75, 3.05) is 5.32 Å². The molecule has 0 aliphatic rings. The van der Waals surface area contributed by atoms with Gasteiger partial charge < -0.3 is 11.1 Å². The Balaban J connectivity index is 2.13. The number of hydrogen-bond donors (Lipinski definition) is 2. The SMILES string of the molecule is CCc1cccc(CC)c1NC(N)=NCc1cnn(C)c1. The third-order valence-electron chi connectivity index (χ3n) is 3.44. The first-order valence-corrected chi connectivity index (χ1v) is 7.29. The molecule has 21 heavy (non-hydrogen) atoms. The Labute approximate surface area is 125 Å². The average Bonchev–Trinajstić information content (AvgIpc) is 2.91. The van der Waals surface area contributed by atoms with Gasteiger partial charge in [-0.05, 0) is 24.0 Å². The van der Waals surface area contributed by atoms with E-state index in [1.54, 1.807) is 10.9 Å². The highest BCUT2D eigenvalue weighted by Crippen LogP contribution is 2.22. The fraction of sp³-hybridized carbons (Fsp3) is 0.375. The maximum absolute atomic E-state index is 6.02. The normalized spacial score (nSPS) is 11.7. The van der Waals surface area contributed by atoms with Crippen molar-refractivity contribution in [2.24, 2.45) is 17.8 Å². The second-order valence-corrected chi connectivity index (χ2v) is 5.01. The number of aliphatic imine (C=N–C) groups is 1. The van der Waals surface area contributed by atoms with Gasteiger partial charge in [0.2, 0.25) is 0 Å². The summed E-state index contributed by atoms with van der Waals surface area (Å²) < 4.78 is 1.76. The number of aromatic nitrogens is 2. The van der Waals surface area contributed by atoms with E-state index in [0.717, 1.165) is 24.1 Å². The molecule has 0 aliphatic carbocycles. The van der Waals surface area contributed by atoms with E-state index < -0.39 is 0 Å². The van der Waals surface area contributed by atoms with E-state index in [9.17, 15) is 0 Å². The number of anilines is 1. The van der Waals surface area contributed by atoms with E-state index in [-0.39, 0.29) is 0 Å². The van der Waals surface area contributed by atoms with Crippen molar-refractivity contribution < 1.29 is 0 Å². The van der Waals surface area contributed by atoms with Crippen molar-refractivity contribution in [2.45, 2.75) is 33.2 Å². The molecule has 0 radical (unpaired) electrons. The van der Waals surface area contributed by atoms with Crippen LogP contribution in [0.1, 0.15) is 30.5 Å². The van der Waals surface area contributed by atoms with Crippen molar-refractivity contribution in [3.63, 3.8) is 0 Å². The molecule has 0 saturated carbocycles. The smallest absolute Gasteiger partial charge is 0.193 e. The molecule has 0 spiro atoms. The first-order chi connectivity index (χ1) is 10.1. The zero-order valence-corrected chi connectivity index (χ0v) is 12.9. The fourth-order valence-electron chi connectivity index (χ4n) is 2.30. The molecule has 1 aromatic heterocycles. The predicted molar refractivity (Wildman–Crippen MR) is 87.4 cm³/mol. The molecule has 0 unspecified atom stereocenters. The van der Waals surface area contributed by atoms with Crippen LogP contribution in [0, 0.1) is 0 Å². The number of benzene rings is 1. The summed E-state index contributed by atoms with van der Waals surface area (Å²) in [6.45, 7) is 4.81. The molecule has 1 heterocycles. The lowest BCUT2D eigenvalue weighted by atomic mass is 10.0. The van der Waals surface area contributed by atoms with Crippen molar-refractivity contribution in [3.8, 4) is 0 Å². The van der Waals surface area contributed by atoms with Crippen LogP contribution in [0.3, 0.4) is 0 Å². The maximum Gasteiger partial charge on any atom is 0.193 e. The highest BCUT2D eigenvalue weighted by molar-refractivity contribution is 5.93. The second-order valence-electron chi connectivity index (χ2n) is 5.01. The number of hydrogen-bond acceptors (Lipinski definition) is 2. The number of nitrogens with two attached hydrogens (primary N) is 1. The molecular formula is C16H23N5. The number of para-hydroxylation sites is 1. The molecule has 3 N–H and O–H groups in total. The molecule has 0 amide bonds. The molecule has 2 aromatic rings. The molecule has 2 rings (SSSR count). The van der Waals surface area contributed by atoms with Gasteiger partial charge in [0.1, 0.15) is 0 Å². The first-order valence-electron chi connectivity index (χ1n) is 7.29. The van der Waals surface area contributed by atoms with Crippen LogP contribution in [0.5, 0.6) is 0 Å². The van der Waals surface area contributed by atoms with Crippen LogP contribution in [0.2, 0.25) is 0 Å². The summed E-state index contributed by atoms with van der Waals surface area (Å²) in [4.78, 5) is 4.38. The molecule has 5 nitrogen and oxygen atoms in total. The molecule has 112 valence electrons. The standard InChI is InChI=1S/C16H23N5/c1-4-13-7-6-8-14(5-2)15(13)20-16(17)18-9-12-10-19-21(3)11-12/h6-8,10-11H,4-5,9H2,1-3H3,(H3,17,18,20). The van der Waals surface area contributed by atoms with Crippen molar-refractivity contribution in [3.05, 3.63) is 47.3 Å². The van der Waals surface area contributed by atoms with Gasteiger partial charge in [0.05, 0.1) is 12.7 Å². The van der Waals surface area contributed by atoms with Crippen LogP contribution in [0.25, 0.3) is 0 Å². The zero-order valence-electron chi connectivity index (χ0n) is 12.9. The lowest BCUT2D eigenvalue weighted by Crippen LogP contribution is -2.24. The molecule has 1 aromatic carbocycles. The van der Waals surface area contributed by atoms with E-state index in [1.165, 1.54) is 11.1 Å². The monoisotopic (exact) mass is 285 g/mol. The molecule has 0 fully saturated rings. The van der Waals surface area contributed by atoms with Crippen LogP contribution < -0.4 is 11.1 Å². The molecule has 0 aliphatic heterocycles. The maximum atomic E-state index is 6.02. The van der Waals surface area contributed by atoms with Crippen LogP contribution in [0.15, 0.2) is 35.6 Å². The van der Waals surface area contributed by atoms with Crippen LogP contribution in [0.4, 0.5) is 5.69 Å². The molecule has 0 saturated heterocycles. The summed E-state index contributed by atoms with van der Waals surface area (Å²) >= 11 is 0. The second kappa shape index (κ2) is 6.92. The fourth-order valence-corrected chi connectivity index (χ4v) is 2.30. The number of rotatable bonds is 5. The van der Waals surface area contributed by atoms with Crippen molar-refractivity contribution >= 4 is 11.6 Å². The van der Waals surface area contributed by atoms with Gasteiger partial charge in [-0.2, -0.15) is 5.10 Å². The summed E-state index contributed by atoms with van der Waals surface area (Å²) in [5, 5.41) is 7.38. The first kappa shape index (κ1) is 15.1. The Morgan fingerprint density at radius 2 is 1.95 bits per heavy atom. The number of guanidine groups is 1. The molecule has 5 heteroatoms. The van der Waals surface area contributed by atoms with Gasteiger partial charge in [0.15, 0.2) is 5.96 Å². The third kappa shape index (κ3) is 3.84. The zero-order chi connectivity index (χ0) is 15.2. The van der Waals surface area contributed by atoms with Gasteiger partial charge in [-0.1, -0.05) is 32.0 Å². The Morgan fingerprint density at radius 3 is 2.48 bits per heavy atom. The van der Waals surface area contributed by atoms with E-state index in [0.29, 0.717) is 12.5 Å². The Kier molecular flexibility index (Phi) is 4.98. The van der Waals surface area contributed by atoms with Gasteiger partial charge in [-0.15, -0.1) is 0 Å². The van der Waals surface area contributed by atoms with Gasteiger partial charge in [0, 0.05) is 24.5 Å². The third-order valence-corrected chi connectivity index (χ3v) is 3.44. The minimum absolute atomic E-state index is 0.439. The van der Waals surface area contributed by atoms with Gasteiger partial charge in [-0.3, -0.25) is 4.68 Å².